The first-order valence-corrected chi connectivity index (χ1v) is 7.29. The van der Waals surface area contributed by atoms with Gasteiger partial charge in [-0.05, 0) is 37.8 Å². The van der Waals surface area contributed by atoms with Gasteiger partial charge in [0.2, 0.25) is 5.91 Å². The Labute approximate surface area is 120 Å². The Kier molecular flexibility index (Phi) is 5.15. The number of aliphatic hydroxyl groups excluding tert-OH is 1. The Morgan fingerprint density at radius 3 is 2.70 bits per heavy atom. The van der Waals surface area contributed by atoms with Crippen LogP contribution in [0.15, 0.2) is 24.3 Å². The second kappa shape index (κ2) is 6.86. The highest BCUT2D eigenvalue weighted by molar-refractivity contribution is 5.73. The molecule has 2 rings (SSSR count). The normalized spacial score (nSPS) is 23.7. The largest absolute Gasteiger partial charge is 0.391 e. The predicted molar refractivity (Wildman–Crippen MR) is 79.2 cm³/mol. The number of benzene rings is 1. The number of nitrogens with zero attached hydrogens (tertiary/aromatic N) is 1. The minimum Gasteiger partial charge on any atom is -0.391 e. The maximum atomic E-state index is 10.8. The summed E-state index contributed by atoms with van der Waals surface area (Å²) in [5, 5.41) is 10.3. The predicted octanol–water partition coefficient (Wildman–Crippen LogP) is 1.10. The van der Waals surface area contributed by atoms with Gasteiger partial charge in [0, 0.05) is 19.5 Å². The molecule has 0 aromatic heterocycles. The summed E-state index contributed by atoms with van der Waals surface area (Å²) in [5.41, 5.74) is 7.70. The number of aryl methyl sites for hydroxylation is 1. The lowest BCUT2D eigenvalue weighted by Crippen LogP contribution is -2.45. The van der Waals surface area contributed by atoms with Crippen LogP contribution in [0.25, 0.3) is 0 Å². The average molecular weight is 276 g/mol. The third-order valence-electron chi connectivity index (χ3n) is 4.10. The van der Waals surface area contributed by atoms with Gasteiger partial charge in [-0.25, -0.2) is 0 Å². The number of piperidine rings is 1. The number of likely N-dealkylation sites (tertiary alicyclic amines) is 1. The molecule has 110 valence electrons. The van der Waals surface area contributed by atoms with E-state index in [2.05, 4.69) is 36.1 Å². The molecule has 0 radical (unpaired) electrons. The molecule has 4 nitrogen and oxygen atoms in total. The minimum atomic E-state index is -0.321. The van der Waals surface area contributed by atoms with Crippen molar-refractivity contribution in [1.82, 2.24) is 4.90 Å². The summed E-state index contributed by atoms with van der Waals surface area (Å²) in [6.45, 7) is 4.31. The van der Waals surface area contributed by atoms with Gasteiger partial charge in [-0.2, -0.15) is 0 Å². The molecule has 0 unspecified atom stereocenters. The number of carbonyl (C=O) groups is 1. The molecule has 0 saturated carbocycles. The van der Waals surface area contributed by atoms with Crippen LogP contribution in [0, 0.1) is 12.8 Å². The Morgan fingerprint density at radius 1 is 1.40 bits per heavy atom. The maximum Gasteiger partial charge on any atom is 0.218 e. The van der Waals surface area contributed by atoms with Gasteiger partial charge in [-0.3, -0.25) is 4.79 Å². The van der Waals surface area contributed by atoms with E-state index in [0.717, 1.165) is 19.4 Å². The molecule has 1 fully saturated rings. The highest BCUT2D eigenvalue weighted by atomic mass is 16.3. The summed E-state index contributed by atoms with van der Waals surface area (Å²) in [6, 6.07) is 8.51. The number of β-amino-alcohol motifs (C(OH)–C–C–N with tert-alkyl or cyclic N) is 1. The van der Waals surface area contributed by atoms with Crippen LogP contribution in [0.2, 0.25) is 0 Å². The summed E-state index contributed by atoms with van der Waals surface area (Å²) in [6.07, 6.45) is 1.94. The molecule has 4 heteroatoms. The van der Waals surface area contributed by atoms with Crippen molar-refractivity contribution >= 4 is 5.91 Å². The monoisotopic (exact) mass is 276 g/mol. The van der Waals surface area contributed by atoms with Crippen LogP contribution in [0.5, 0.6) is 0 Å². The molecule has 3 N–H and O–H groups in total. The molecule has 1 saturated heterocycles. The van der Waals surface area contributed by atoms with Crippen molar-refractivity contribution in [3.8, 4) is 0 Å². The van der Waals surface area contributed by atoms with Crippen LogP contribution in [-0.2, 0) is 11.2 Å². The number of nitrogens with two attached hydrogens (primary N) is 1. The van der Waals surface area contributed by atoms with Crippen LogP contribution in [-0.4, -0.2) is 41.7 Å². The zero-order valence-corrected chi connectivity index (χ0v) is 12.1. The van der Waals surface area contributed by atoms with Gasteiger partial charge in [-0.15, -0.1) is 0 Å². The van der Waals surface area contributed by atoms with Crippen molar-refractivity contribution in [2.45, 2.75) is 32.3 Å². The summed E-state index contributed by atoms with van der Waals surface area (Å²) in [7, 11) is 0. The molecule has 1 heterocycles. The van der Waals surface area contributed by atoms with Gasteiger partial charge in [-0.1, -0.05) is 29.8 Å². The third kappa shape index (κ3) is 4.32. The molecular weight excluding hydrogens is 252 g/mol. The van der Waals surface area contributed by atoms with Crippen LogP contribution >= 0.6 is 0 Å². The molecule has 1 aromatic carbocycles. The molecule has 1 aromatic rings. The highest BCUT2D eigenvalue weighted by Crippen LogP contribution is 2.22. The summed E-state index contributed by atoms with van der Waals surface area (Å²) in [5.74, 6) is 0.0313. The number of hydrogen-bond donors (Lipinski definition) is 2. The van der Waals surface area contributed by atoms with Gasteiger partial charge in [0.15, 0.2) is 0 Å². The first kappa shape index (κ1) is 15.0. The van der Waals surface area contributed by atoms with E-state index in [1.54, 1.807) is 0 Å². The van der Waals surface area contributed by atoms with Crippen molar-refractivity contribution in [2.24, 2.45) is 11.7 Å². The fraction of sp³-hybridized carbons (Fsp3) is 0.562. The van der Waals surface area contributed by atoms with Gasteiger partial charge in [0.05, 0.1) is 6.10 Å². The first-order chi connectivity index (χ1) is 9.54. The van der Waals surface area contributed by atoms with E-state index < -0.39 is 0 Å². The Morgan fingerprint density at radius 2 is 2.10 bits per heavy atom. The van der Waals surface area contributed by atoms with Crippen LogP contribution < -0.4 is 5.73 Å². The van der Waals surface area contributed by atoms with E-state index in [1.165, 1.54) is 11.1 Å². The molecule has 2 atom stereocenters. The number of hydrogen-bond acceptors (Lipinski definition) is 3. The number of amides is 1. The van der Waals surface area contributed by atoms with Crippen molar-refractivity contribution in [3.63, 3.8) is 0 Å². The van der Waals surface area contributed by atoms with Crippen molar-refractivity contribution < 1.29 is 9.90 Å². The Hall–Kier alpha value is -1.39. The van der Waals surface area contributed by atoms with Crippen molar-refractivity contribution in [3.05, 3.63) is 35.4 Å². The maximum absolute atomic E-state index is 10.8. The van der Waals surface area contributed by atoms with Crippen LogP contribution in [0.1, 0.15) is 24.0 Å². The fourth-order valence-corrected chi connectivity index (χ4v) is 2.78. The average Bonchev–Trinajstić information content (AvgIpc) is 2.41. The lowest BCUT2D eigenvalue weighted by molar-refractivity contribution is -0.118. The lowest BCUT2D eigenvalue weighted by Gasteiger charge is -2.35. The summed E-state index contributed by atoms with van der Waals surface area (Å²) >= 11 is 0. The summed E-state index contributed by atoms with van der Waals surface area (Å²) < 4.78 is 0. The van der Waals surface area contributed by atoms with E-state index in [4.69, 9.17) is 5.73 Å². The lowest BCUT2D eigenvalue weighted by atomic mass is 9.87. The SMILES string of the molecule is Cc1ccc(C[C@H]2CCN(CCC(N)=O)C[C@H]2O)cc1. The van der Waals surface area contributed by atoms with Crippen LogP contribution in [0.4, 0.5) is 0 Å². The van der Waals surface area contributed by atoms with Gasteiger partial charge in [0.1, 0.15) is 0 Å². The smallest absolute Gasteiger partial charge is 0.218 e. The van der Waals surface area contributed by atoms with Gasteiger partial charge in [0.25, 0.3) is 0 Å². The molecule has 1 amide bonds. The van der Waals surface area contributed by atoms with Crippen molar-refractivity contribution in [1.29, 1.82) is 0 Å². The number of carbonyl (C=O) groups excluding carboxylic acids is 1. The van der Waals surface area contributed by atoms with Gasteiger partial charge >= 0.3 is 0 Å². The highest BCUT2D eigenvalue weighted by Gasteiger charge is 2.27. The van der Waals surface area contributed by atoms with E-state index in [-0.39, 0.29) is 12.0 Å². The zero-order valence-electron chi connectivity index (χ0n) is 12.1. The molecule has 1 aliphatic rings. The van der Waals surface area contributed by atoms with Gasteiger partial charge < -0.3 is 15.7 Å². The first-order valence-electron chi connectivity index (χ1n) is 7.29. The minimum absolute atomic E-state index is 0.277. The van der Waals surface area contributed by atoms with E-state index in [9.17, 15) is 9.90 Å². The molecule has 1 aliphatic heterocycles. The van der Waals surface area contributed by atoms with E-state index >= 15 is 0 Å². The fourth-order valence-electron chi connectivity index (χ4n) is 2.78. The summed E-state index contributed by atoms with van der Waals surface area (Å²) in [4.78, 5) is 12.9. The molecular formula is C16H24N2O2. The van der Waals surface area contributed by atoms with E-state index in [1.807, 2.05) is 0 Å². The second-order valence-corrected chi connectivity index (χ2v) is 5.82. The number of primary amides is 1. The Bertz CT molecular complexity index is 444. The number of rotatable bonds is 5. The molecule has 0 aliphatic carbocycles. The Balaban J connectivity index is 1.83. The standard InChI is InChI=1S/C16H24N2O2/c1-12-2-4-13(5-3-12)10-14-6-8-18(11-15(14)19)9-7-16(17)20/h2-5,14-15,19H,6-11H2,1H3,(H2,17,20)/t14-,15-/m1/s1. The van der Waals surface area contributed by atoms with E-state index in [0.29, 0.717) is 25.4 Å². The topological polar surface area (TPSA) is 66.6 Å². The quantitative estimate of drug-likeness (QED) is 0.846. The third-order valence-corrected chi connectivity index (χ3v) is 4.10. The molecule has 0 bridgehead atoms. The molecule has 20 heavy (non-hydrogen) atoms. The number of aliphatic hydroxyl groups is 1. The van der Waals surface area contributed by atoms with Crippen molar-refractivity contribution in [2.75, 3.05) is 19.6 Å². The van der Waals surface area contributed by atoms with Crippen LogP contribution in [0.3, 0.4) is 0 Å². The zero-order chi connectivity index (χ0) is 14.5. The second-order valence-electron chi connectivity index (χ2n) is 5.82. The molecule has 0 spiro atoms.